The zero-order chi connectivity index (χ0) is 43.0. The summed E-state index contributed by atoms with van der Waals surface area (Å²) in [6.07, 6.45) is 58.9. The third kappa shape index (κ3) is 45.8. The Morgan fingerprint density at radius 2 is 0.661 bits per heavy atom. The fourth-order valence-electron chi connectivity index (χ4n) is 6.46. The van der Waals surface area contributed by atoms with Gasteiger partial charge in [-0.05, 0) is 77.0 Å². The van der Waals surface area contributed by atoms with Crippen LogP contribution in [0, 0.1) is 0 Å². The summed E-state index contributed by atoms with van der Waals surface area (Å²) in [5.74, 6) is -1.00. The van der Waals surface area contributed by atoms with Crippen LogP contribution in [0.15, 0.2) is 72.9 Å². The van der Waals surface area contributed by atoms with Crippen molar-refractivity contribution in [2.45, 2.75) is 232 Å². The maximum Gasteiger partial charge on any atom is 0.306 e. The summed E-state index contributed by atoms with van der Waals surface area (Å²) in [7, 11) is 0. The number of carbonyl (C=O) groups excluding carboxylic acids is 3. The molecule has 0 amide bonds. The van der Waals surface area contributed by atoms with Crippen molar-refractivity contribution in [1.29, 1.82) is 0 Å². The lowest BCUT2D eigenvalue weighted by Gasteiger charge is -2.18. The number of unbranched alkanes of at least 4 members (excludes halogenated alkanes) is 20. The molecule has 0 bridgehead atoms. The molecule has 0 heterocycles. The standard InChI is InChI=1S/C53H90O6/c1-4-7-10-13-16-19-22-23-24-25-26-27-28-29-32-35-38-41-44-47-53(56)59-50(48-57-51(54)45-42-39-36-33-30-20-17-14-11-8-5-2)49-58-52(55)46-43-40-37-34-31-21-18-15-12-9-6-3/h14,16-17,19,23-24,26-27,29,32,38,41,50H,4-13,15,18,20-22,25,28,30-31,33-37,39-40,42-49H2,1-3H3/b17-14-,19-16-,24-23-,27-26-,32-29-,41-38-/t50-/m1/s1. The van der Waals surface area contributed by atoms with E-state index in [1.165, 1.54) is 103 Å². The van der Waals surface area contributed by atoms with Gasteiger partial charge in [-0.2, -0.15) is 0 Å². The van der Waals surface area contributed by atoms with Crippen LogP contribution in [0.25, 0.3) is 0 Å². The van der Waals surface area contributed by atoms with E-state index in [1.807, 2.05) is 12.2 Å². The number of ether oxygens (including phenoxy) is 3. The summed E-state index contributed by atoms with van der Waals surface area (Å²) >= 11 is 0. The molecule has 0 radical (unpaired) electrons. The third-order valence-corrected chi connectivity index (χ3v) is 10.2. The van der Waals surface area contributed by atoms with Gasteiger partial charge in [0.25, 0.3) is 0 Å². The van der Waals surface area contributed by atoms with Gasteiger partial charge in [-0.25, -0.2) is 0 Å². The average molecular weight is 823 g/mol. The van der Waals surface area contributed by atoms with Crippen molar-refractivity contribution >= 4 is 17.9 Å². The molecule has 0 aromatic carbocycles. The molecule has 6 nitrogen and oxygen atoms in total. The SMILES string of the molecule is CCCC/C=C\CCCCCCCC(=O)OC[C@H](COC(=O)CCCCCCCCCCCCC)OC(=O)CC/C=C\C/C=C\C/C=C\C/C=C\C/C=C\CCCCC. The Kier molecular flexibility index (Phi) is 45.0. The molecule has 0 rings (SSSR count). The second kappa shape index (κ2) is 47.5. The second-order valence-corrected chi connectivity index (χ2v) is 16.0. The van der Waals surface area contributed by atoms with E-state index in [-0.39, 0.29) is 31.6 Å². The number of hydrogen-bond acceptors (Lipinski definition) is 6. The van der Waals surface area contributed by atoms with E-state index in [1.54, 1.807) is 0 Å². The smallest absolute Gasteiger partial charge is 0.306 e. The Labute approximate surface area is 363 Å². The van der Waals surface area contributed by atoms with Crippen LogP contribution in [0.1, 0.15) is 226 Å². The van der Waals surface area contributed by atoms with Gasteiger partial charge >= 0.3 is 17.9 Å². The number of allylic oxidation sites excluding steroid dienone is 12. The molecule has 338 valence electrons. The van der Waals surface area contributed by atoms with Gasteiger partial charge in [0.05, 0.1) is 0 Å². The molecule has 59 heavy (non-hydrogen) atoms. The Balaban J connectivity index is 4.50. The van der Waals surface area contributed by atoms with Gasteiger partial charge in [0.2, 0.25) is 0 Å². The van der Waals surface area contributed by atoms with E-state index in [2.05, 4.69) is 81.5 Å². The molecule has 0 unspecified atom stereocenters. The van der Waals surface area contributed by atoms with Crippen molar-refractivity contribution < 1.29 is 28.6 Å². The first-order valence-electron chi connectivity index (χ1n) is 24.4. The largest absolute Gasteiger partial charge is 0.462 e. The van der Waals surface area contributed by atoms with Gasteiger partial charge in [0.15, 0.2) is 6.10 Å². The highest BCUT2D eigenvalue weighted by Gasteiger charge is 2.19. The molecule has 0 aliphatic heterocycles. The zero-order valence-corrected chi connectivity index (χ0v) is 38.5. The van der Waals surface area contributed by atoms with Crippen molar-refractivity contribution in [3.63, 3.8) is 0 Å². The van der Waals surface area contributed by atoms with Crippen LogP contribution < -0.4 is 0 Å². The first-order chi connectivity index (χ1) is 29.0. The van der Waals surface area contributed by atoms with E-state index >= 15 is 0 Å². The Hall–Kier alpha value is -3.15. The minimum Gasteiger partial charge on any atom is -0.462 e. The highest BCUT2D eigenvalue weighted by Crippen LogP contribution is 2.13. The van der Waals surface area contributed by atoms with Gasteiger partial charge in [-0.15, -0.1) is 0 Å². The molecule has 0 spiro atoms. The maximum atomic E-state index is 12.7. The predicted octanol–water partition coefficient (Wildman–Crippen LogP) is 15.9. The van der Waals surface area contributed by atoms with Crippen LogP contribution in [0.4, 0.5) is 0 Å². The molecule has 0 aromatic heterocycles. The average Bonchev–Trinajstić information content (AvgIpc) is 3.23. The Morgan fingerprint density at radius 3 is 1.12 bits per heavy atom. The fourth-order valence-corrected chi connectivity index (χ4v) is 6.46. The van der Waals surface area contributed by atoms with Gasteiger partial charge in [0, 0.05) is 19.3 Å². The van der Waals surface area contributed by atoms with E-state index in [9.17, 15) is 14.4 Å². The molecule has 6 heteroatoms. The second-order valence-electron chi connectivity index (χ2n) is 16.0. The molecule has 0 fully saturated rings. The Morgan fingerprint density at radius 1 is 0.339 bits per heavy atom. The first-order valence-corrected chi connectivity index (χ1v) is 24.4. The molecular formula is C53H90O6. The predicted molar refractivity (Wildman–Crippen MR) is 251 cm³/mol. The molecule has 0 N–H and O–H groups in total. The van der Waals surface area contributed by atoms with Crippen LogP contribution in [-0.4, -0.2) is 37.2 Å². The highest BCUT2D eigenvalue weighted by atomic mass is 16.6. The quantitative estimate of drug-likeness (QED) is 0.0264. The summed E-state index contributed by atoms with van der Waals surface area (Å²) < 4.78 is 16.6. The summed E-state index contributed by atoms with van der Waals surface area (Å²) in [5, 5.41) is 0. The van der Waals surface area contributed by atoms with Crippen LogP contribution in [0.5, 0.6) is 0 Å². The molecular weight excluding hydrogens is 733 g/mol. The molecule has 0 aromatic rings. The normalized spacial score (nSPS) is 12.7. The van der Waals surface area contributed by atoms with E-state index in [0.717, 1.165) is 77.0 Å². The monoisotopic (exact) mass is 823 g/mol. The van der Waals surface area contributed by atoms with Crippen LogP contribution in [0.2, 0.25) is 0 Å². The van der Waals surface area contributed by atoms with E-state index < -0.39 is 12.1 Å². The van der Waals surface area contributed by atoms with Gasteiger partial charge in [-0.1, -0.05) is 203 Å². The number of rotatable bonds is 43. The molecule has 1 atom stereocenters. The lowest BCUT2D eigenvalue weighted by molar-refractivity contribution is -0.166. The van der Waals surface area contributed by atoms with Crippen LogP contribution >= 0.6 is 0 Å². The van der Waals surface area contributed by atoms with Gasteiger partial charge in [0.1, 0.15) is 13.2 Å². The van der Waals surface area contributed by atoms with Crippen LogP contribution in [-0.2, 0) is 28.6 Å². The number of carbonyl (C=O) groups is 3. The number of hydrogen-bond donors (Lipinski definition) is 0. The summed E-state index contributed by atoms with van der Waals surface area (Å²) in [6, 6.07) is 0. The van der Waals surface area contributed by atoms with Gasteiger partial charge in [-0.3, -0.25) is 14.4 Å². The topological polar surface area (TPSA) is 78.9 Å². The lowest BCUT2D eigenvalue weighted by Crippen LogP contribution is -2.30. The first kappa shape index (κ1) is 55.9. The Bertz CT molecular complexity index is 1130. The van der Waals surface area contributed by atoms with Gasteiger partial charge < -0.3 is 14.2 Å². The van der Waals surface area contributed by atoms with Crippen molar-refractivity contribution in [2.75, 3.05) is 13.2 Å². The third-order valence-electron chi connectivity index (χ3n) is 10.2. The van der Waals surface area contributed by atoms with Crippen molar-refractivity contribution in [1.82, 2.24) is 0 Å². The van der Waals surface area contributed by atoms with Crippen molar-refractivity contribution in [3.05, 3.63) is 72.9 Å². The minimum absolute atomic E-state index is 0.106. The molecule has 0 aliphatic carbocycles. The van der Waals surface area contributed by atoms with E-state index in [4.69, 9.17) is 14.2 Å². The minimum atomic E-state index is -0.814. The summed E-state index contributed by atoms with van der Waals surface area (Å²) in [4.78, 5) is 37.8. The van der Waals surface area contributed by atoms with Crippen molar-refractivity contribution in [2.24, 2.45) is 0 Å². The highest BCUT2D eigenvalue weighted by molar-refractivity contribution is 5.71. The maximum absolute atomic E-state index is 12.7. The molecule has 0 aliphatic rings. The van der Waals surface area contributed by atoms with Crippen molar-refractivity contribution in [3.8, 4) is 0 Å². The zero-order valence-electron chi connectivity index (χ0n) is 38.5. The number of esters is 3. The fraction of sp³-hybridized carbons (Fsp3) is 0.717. The molecule has 0 saturated carbocycles. The lowest BCUT2D eigenvalue weighted by atomic mass is 10.1. The summed E-state index contributed by atoms with van der Waals surface area (Å²) in [5.41, 5.74) is 0. The van der Waals surface area contributed by atoms with Crippen LogP contribution in [0.3, 0.4) is 0 Å². The summed E-state index contributed by atoms with van der Waals surface area (Å²) in [6.45, 7) is 6.48. The van der Waals surface area contributed by atoms with E-state index in [0.29, 0.717) is 19.3 Å². The molecule has 0 saturated heterocycles.